The highest BCUT2D eigenvalue weighted by molar-refractivity contribution is 6.54. The molecule has 0 aromatic carbocycles. The molecule has 0 N–H and O–H groups in total. The maximum atomic E-state index is 11.0. The van der Waals surface area contributed by atoms with Crippen molar-refractivity contribution in [3.8, 4) is 0 Å². The molecule has 0 radical (unpaired) electrons. The summed E-state index contributed by atoms with van der Waals surface area (Å²) in [4.78, 5) is 21.8. The van der Waals surface area contributed by atoms with E-state index >= 15 is 0 Å². The van der Waals surface area contributed by atoms with Crippen LogP contribution in [0.1, 0.15) is 6.92 Å². The van der Waals surface area contributed by atoms with Crippen molar-refractivity contribution >= 4 is 34.8 Å². The zero-order chi connectivity index (χ0) is 8.59. The molecule has 1 aliphatic rings. The summed E-state index contributed by atoms with van der Waals surface area (Å²) in [5.41, 5.74) is 0.212. The molecule has 0 fully saturated rings. The highest BCUT2D eigenvalue weighted by atomic mass is 35.5. The first-order valence-electron chi connectivity index (χ1n) is 2.86. The Morgan fingerprint density at radius 3 is 2.36 bits per heavy atom. The second kappa shape index (κ2) is 2.80. The van der Waals surface area contributed by atoms with Crippen molar-refractivity contribution in [2.75, 3.05) is 0 Å². The van der Waals surface area contributed by atoms with E-state index in [1.54, 1.807) is 0 Å². The second-order valence-corrected chi connectivity index (χ2v) is 2.91. The van der Waals surface area contributed by atoms with Crippen molar-refractivity contribution in [1.82, 2.24) is 0 Å². The summed E-state index contributed by atoms with van der Waals surface area (Å²) in [7, 11) is 0. The second-order valence-electron chi connectivity index (χ2n) is 2.12. The van der Waals surface area contributed by atoms with E-state index < -0.39 is 5.78 Å². The van der Waals surface area contributed by atoms with Crippen LogP contribution in [0.3, 0.4) is 0 Å². The lowest BCUT2D eigenvalue weighted by atomic mass is 10.1. The van der Waals surface area contributed by atoms with Crippen LogP contribution in [0.25, 0.3) is 0 Å². The standard InChI is InChI=1S/C7H4Cl2O2/c1-3-6(9)5(10)2-4(8)7(3)11/h2H,1H3. The minimum atomic E-state index is -0.409. The van der Waals surface area contributed by atoms with Gasteiger partial charge in [0, 0.05) is 11.6 Å². The van der Waals surface area contributed by atoms with Crippen LogP contribution in [0.15, 0.2) is 21.7 Å². The maximum Gasteiger partial charge on any atom is 0.201 e. The van der Waals surface area contributed by atoms with Crippen molar-refractivity contribution in [3.05, 3.63) is 21.7 Å². The molecule has 58 valence electrons. The zero-order valence-corrected chi connectivity index (χ0v) is 7.16. The van der Waals surface area contributed by atoms with Crippen LogP contribution >= 0.6 is 23.2 Å². The van der Waals surface area contributed by atoms with Gasteiger partial charge in [0.1, 0.15) is 0 Å². The van der Waals surface area contributed by atoms with Gasteiger partial charge in [0.05, 0.1) is 10.1 Å². The largest absolute Gasteiger partial charge is 0.288 e. The average Bonchev–Trinajstić information content (AvgIpc) is 1.97. The van der Waals surface area contributed by atoms with Crippen LogP contribution in [0.2, 0.25) is 0 Å². The predicted octanol–water partition coefficient (Wildman–Crippen LogP) is 1.77. The topological polar surface area (TPSA) is 34.1 Å². The van der Waals surface area contributed by atoms with Crippen LogP contribution in [-0.4, -0.2) is 11.6 Å². The van der Waals surface area contributed by atoms with E-state index in [1.807, 2.05) is 0 Å². The molecular formula is C7H4Cl2O2. The van der Waals surface area contributed by atoms with Gasteiger partial charge in [0.15, 0.2) is 5.78 Å². The number of carbonyl (C=O) groups is 2. The molecule has 0 bridgehead atoms. The smallest absolute Gasteiger partial charge is 0.201 e. The lowest BCUT2D eigenvalue weighted by Crippen LogP contribution is -2.12. The Labute approximate surface area is 73.5 Å². The quantitative estimate of drug-likeness (QED) is 0.546. The van der Waals surface area contributed by atoms with Crippen molar-refractivity contribution < 1.29 is 9.59 Å². The third kappa shape index (κ3) is 1.37. The van der Waals surface area contributed by atoms with Gasteiger partial charge in [0.25, 0.3) is 0 Å². The monoisotopic (exact) mass is 190 g/mol. The fraction of sp³-hybridized carbons (Fsp3) is 0.143. The predicted molar refractivity (Wildman–Crippen MR) is 42.5 cm³/mol. The third-order valence-electron chi connectivity index (χ3n) is 1.36. The van der Waals surface area contributed by atoms with E-state index in [9.17, 15) is 9.59 Å². The van der Waals surface area contributed by atoms with Gasteiger partial charge in [-0.15, -0.1) is 0 Å². The van der Waals surface area contributed by atoms with Crippen LogP contribution in [0.5, 0.6) is 0 Å². The van der Waals surface area contributed by atoms with Crippen molar-refractivity contribution in [3.63, 3.8) is 0 Å². The Morgan fingerprint density at radius 2 is 1.82 bits per heavy atom. The Morgan fingerprint density at radius 1 is 1.27 bits per heavy atom. The average molecular weight is 191 g/mol. The molecule has 0 spiro atoms. The van der Waals surface area contributed by atoms with Crippen LogP contribution in [-0.2, 0) is 9.59 Å². The summed E-state index contributed by atoms with van der Waals surface area (Å²) in [5.74, 6) is -0.787. The molecule has 0 atom stereocenters. The summed E-state index contributed by atoms with van der Waals surface area (Å²) in [6.07, 6.45) is 1.03. The Hall–Kier alpha value is -0.600. The summed E-state index contributed by atoms with van der Waals surface area (Å²) in [6.45, 7) is 1.47. The number of allylic oxidation sites excluding steroid dienone is 4. The molecule has 0 aromatic heterocycles. The van der Waals surface area contributed by atoms with Gasteiger partial charge in [-0.3, -0.25) is 9.59 Å². The molecule has 2 nitrogen and oxygen atoms in total. The van der Waals surface area contributed by atoms with Crippen molar-refractivity contribution in [2.45, 2.75) is 6.92 Å². The number of rotatable bonds is 0. The number of hydrogen-bond donors (Lipinski definition) is 0. The summed E-state index contributed by atoms with van der Waals surface area (Å²) < 4.78 is 0. The molecule has 0 heterocycles. The molecule has 1 aliphatic carbocycles. The highest BCUT2D eigenvalue weighted by Crippen LogP contribution is 2.23. The first-order chi connectivity index (χ1) is 5.04. The first-order valence-corrected chi connectivity index (χ1v) is 3.62. The van der Waals surface area contributed by atoms with Crippen molar-refractivity contribution in [2.24, 2.45) is 0 Å². The number of hydrogen-bond acceptors (Lipinski definition) is 2. The number of Topliss-reactive ketones (excluding diaryl/α,β-unsaturated/α-hetero) is 1. The van der Waals surface area contributed by atoms with Gasteiger partial charge >= 0.3 is 0 Å². The Bertz CT molecular complexity index is 300. The summed E-state index contributed by atoms with van der Waals surface area (Å²) in [5, 5.41) is -0.115. The van der Waals surface area contributed by atoms with Gasteiger partial charge < -0.3 is 0 Å². The maximum absolute atomic E-state index is 11.0. The fourth-order valence-corrected chi connectivity index (χ4v) is 1.09. The van der Waals surface area contributed by atoms with E-state index in [0.717, 1.165) is 6.08 Å². The highest BCUT2D eigenvalue weighted by Gasteiger charge is 2.22. The Kier molecular flexibility index (Phi) is 2.16. The normalized spacial score (nSPS) is 19.0. The molecule has 0 aromatic rings. The molecule has 11 heavy (non-hydrogen) atoms. The molecular weight excluding hydrogens is 187 g/mol. The van der Waals surface area contributed by atoms with E-state index in [1.165, 1.54) is 6.92 Å². The van der Waals surface area contributed by atoms with Crippen LogP contribution in [0.4, 0.5) is 0 Å². The van der Waals surface area contributed by atoms with Crippen LogP contribution in [0, 0.1) is 0 Å². The van der Waals surface area contributed by atoms with E-state index in [-0.39, 0.29) is 21.4 Å². The summed E-state index contributed by atoms with van der Waals surface area (Å²) >= 11 is 10.9. The van der Waals surface area contributed by atoms with E-state index in [0.29, 0.717) is 0 Å². The minimum Gasteiger partial charge on any atom is -0.288 e. The molecule has 0 saturated heterocycles. The fourth-order valence-electron chi connectivity index (χ4n) is 0.708. The zero-order valence-electron chi connectivity index (χ0n) is 5.65. The molecule has 0 unspecified atom stereocenters. The van der Waals surface area contributed by atoms with Gasteiger partial charge in [0.2, 0.25) is 5.78 Å². The van der Waals surface area contributed by atoms with E-state index in [2.05, 4.69) is 0 Å². The third-order valence-corrected chi connectivity index (χ3v) is 2.11. The molecule has 0 saturated carbocycles. The Balaban J connectivity index is 3.19. The van der Waals surface area contributed by atoms with Gasteiger partial charge in [-0.05, 0) is 6.92 Å². The van der Waals surface area contributed by atoms with Gasteiger partial charge in [-0.1, -0.05) is 23.2 Å². The summed E-state index contributed by atoms with van der Waals surface area (Å²) in [6, 6.07) is 0. The first kappa shape index (κ1) is 8.50. The van der Waals surface area contributed by atoms with Crippen molar-refractivity contribution in [1.29, 1.82) is 0 Å². The van der Waals surface area contributed by atoms with Gasteiger partial charge in [-0.2, -0.15) is 0 Å². The lowest BCUT2D eigenvalue weighted by Gasteiger charge is -2.06. The number of carbonyl (C=O) groups excluding carboxylic acids is 2. The lowest BCUT2D eigenvalue weighted by molar-refractivity contribution is -0.115. The molecule has 1 rings (SSSR count). The minimum absolute atomic E-state index is 0.0422. The molecule has 4 heteroatoms. The number of ketones is 2. The number of halogens is 2. The molecule has 0 aliphatic heterocycles. The molecule has 0 amide bonds. The SMILES string of the molecule is CC1=C(Cl)C(=O)C=C(Cl)C1=O. The van der Waals surface area contributed by atoms with Gasteiger partial charge in [-0.25, -0.2) is 0 Å². The van der Waals surface area contributed by atoms with Crippen LogP contribution < -0.4 is 0 Å². The van der Waals surface area contributed by atoms with E-state index in [4.69, 9.17) is 23.2 Å².